The standard InChI is InChI=1S/C17H23N3O4S/c1-2-20(13-5-8-25(23,24)11-13)17(22)15-9-14(15)16(21)19-10-12-3-6-18-7-4-12/h3-4,6-7,13-15H,2,5,8-11H2,1H3,(H,19,21). The largest absolute Gasteiger partial charge is 0.352 e. The average molecular weight is 365 g/mol. The molecule has 1 saturated heterocycles. The van der Waals surface area contributed by atoms with E-state index < -0.39 is 9.84 Å². The molecule has 7 nitrogen and oxygen atoms in total. The van der Waals surface area contributed by atoms with E-state index in [1.54, 1.807) is 17.3 Å². The molecule has 1 aliphatic carbocycles. The van der Waals surface area contributed by atoms with Crippen molar-refractivity contribution in [3.8, 4) is 0 Å². The minimum Gasteiger partial charge on any atom is -0.352 e. The summed E-state index contributed by atoms with van der Waals surface area (Å²) in [4.78, 5) is 30.5. The first-order valence-electron chi connectivity index (χ1n) is 8.59. The Labute approximate surface area is 147 Å². The maximum atomic E-state index is 12.7. The SMILES string of the molecule is CCN(C(=O)C1CC1C(=O)NCc1ccncc1)C1CCS(=O)(=O)C1. The number of pyridine rings is 1. The van der Waals surface area contributed by atoms with Gasteiger partial charge in [-0.1, -0.05) is 0 Å². The first-order chi connectivity index (χ1) is 11.9. The minimum absolute atomic E-state index is 0.0399. The van der Waals surface area contributed by atoms with E-state index in [0.717, 1.165) is 5.56 Å². The quantitative estimate of drug-likeness (QED) is 0.786. The first-order valence-corrected chi connectivity index (χ1v) is 10.4. The van der Waals surface area contributed by atoms with Crippen molar-refractivity contribution in [1.29, 1.82) is 0 Å². The topological polar surface area (TPSA) is 96.4 Å². The molecule has 1 N–H and O–H groups in total. The van der Waals surface area contributed by atoms with E-state index in [9.17, 15) is 18.0 Å². The summed E-state index contributed by atoms with van der Waals surface area (Å²) in [6.07, 6.45) is 4.37. The molecule has 1 saturated carbocycles. The summed E-state index contributed by atoms with van der Waals surface area (Å²) in [6, 6.07) is 3.41. The second kappa shape index (κ2) is 7.11. The van der Waals surface area contributed by atoms with Gasteiger partial charge in [-0.05, 0) is 37.5 Å². The second-order valence-electron chi connectivity index (χ2n) is 6.70. The lowest BCUT2D eigenvalue weighted by Crippen LogP contribution is -2.42. The van der Waals surface area contributed by atoms with Gasteiger partial charge in [0.25, 0.3) is 0 Å². The van der Waals surface area contributed by atoms with Crippen molar-refractivity contribution in [3.63, 3.8) is 0 Å². The van der Waals surface area contributed by atoms with Crippen LogP contribution in [-0.4, -0.2) is 54.2 Å². The van der Waals surface area contributed by atoms with Gasteiger partial charge in [0.05, 0.1) is 23.3 Å². The molecule has 3 rings (SSSR count). The van der Waals surface area contributed by atoms with Crippen LogP contribution in [0.15, 0.2) is 24.5 Å². The molecular formula is C17H23N3O4S. The number of sulfone groups is 1. The minimum atomic E-state index is -3.04. The van der Waals surface area contributed by atoms with Crippen molar-refractivity contribution >= 4 is 21.7 Å². The summed E-state index contributed by atoms with van der Waals surface area (Å²) in [5.41, 5.74) is 0.957. The van der Waals surface area contributed by atoms with Crippen molar-refractivity contribution in [1.82, 2.24) is 15.2 Å². The van der Waals surface area contributed by atoms with Crippen LogP contribution in [0.3, 0.4) is 0 Å². The van der Waals surface area contributed by atoms with Gasteiger partial charge in [0.2, 0.25) is 11.8 Å². The summed E-state index contributed by atoms with van der Waals surface area (Å²) in [5.74, 6) is -0.652. The van der Waals surface area contributed by atoms with Crippen LogP contribution >= 0.6 is 0 Å². The highest BCUT2D eigenvalue weighted by Crippen LogP contribution is 2.41. The Hall–Kier alpha value is -1.96. The molecule has 2 aliphatic rings. The molecule has 1 aromatic heterocycles. The molecule has 2 heterocycles. The van der Waals surface area contributed by atoms with Crippen LogP contribution in [0.5, 0.6) is 0 Å². The van der Waals surface area contributed by atoms with Gasteiger partial charge in [-0.25, -0.2) is 8.42 Å². The molecule has 2 amide bonds. The third-order valence-corrected chi connectivity index (χ3v) is 6.68. The third-order valence-electron chi connectivity index (χ3n) is 4.93. The predicted molar refractivity (Wildman–Crippen MR) is 92.1 cm³/mol. The monoisotopic (exact) mass is 365 g/mol. The van der Waals surface area contributed by atoms with Gasteiger partial charge < -0.3 is 10.2 Å². The molecular weight excluding hydrogens is 342 g/mol. The van der Waals surface area contributed by atoms with E-state index in [0.29, 0.717) is 25.9 Å². The maximum absolute atomic E-state index is 12.7. The molecule has 0 bridgehead atoms. The molecule has 0 spiro atoms. The van der Waals surface area contributed by atoms with Gasteiger partial charge in [-0.15, -0.1) is 0 Å². The first kappa shape index (κ1) is 17.8. The highest BCUT2D eigenvalue weighted by Gasteiger charge is 2.50. The van der Waals surface area contributed by atoms with Crippen molar-refractivity contribution in [2.24, 2.45) is 11.8 Å². The number of amides is 2. The molecule has 2 fully saturated rings. The summed E-state index contributed by atoms with van der Waals surface area (Å²) < 4.78 is 23.3. The van der Waals surface area contributed by atoms with Crippen LogP contribution in [-0.2, 0) is 26.0 Å². The Morgan fingerprint density at radius 2 is 2.00 bits per heavy atom. The van der Waals surface area contributed by atoms with Crippen molar-refractivity contribution in [2.45, 2.75) is 32.4 Å². The van der Waals surface area contributed by atoms with E-state index in [4.69, 9.17) is 0 Å². The van der Waals surface area contributed by atoms with Gasteiger partial charge in [0.1, 0.15) is 0 Å². The Balaban J connectivity index is 1.53. The van der Waals surface area contributed by atoms with Crippen LogP contribution in [0.25, 0.3) is 0 Å². The maximum Gasteiger partial charge on any atom is 0.226 e. The molecule has 8 heteroatoms. The lowest BCUT2D eigenvalue weighted by Gasteiger charge is -2.27. The number of carbonyl (C=O) groups is 2. The lowest BCUT2D eigenvalue weighted by atomic mass is 10.2. The lowest BCUT2D eigenvalue weighted by molar-refractivity contribution is -0.136. The van der Waals surface area contributed by atoms with Crippen LogP contribution in [0.2, 0.25) is 0 Å². The van der Waals surface area contributed by atoms with Crippen LogP contribution in [0.4, 0.5) is 0 Å². The fourth-order valence-corrected chi connectivity index (χ4v) is 5.14. The van der Waals surface area contributed by atoms with E-state index in [-0.39, 0.29) is 41.2 Å². The zero-order chi connectivity index (χ0) is 18.0. The smallest absolute Gasteiger partial charge is 0.226 e. The summed E-state index contributed by atoms with van der Waals surface area (Å²) >= 11 is 0. The van der Waals surface area contributed by atoms with E-state index in [1.165, 1.54) is 0 Å². The molecule has 3 atom stereocenters. The summed E-state index contributed by atoms with van der Waals surface area (Å²) in [5, 5.41) is 2.85. The Bertz CT molecular complexity index is 750. The number of hydrogen-bond donors (Lipinski definition) is 1. The molecule has 1 aliphatic heterocycles. The zero-order valence-electron chi connectivity index (χ0n) is 14.2. The summed E-state index contributed by atoms with van der Waals surface area (Å²) in [7, 11) is -3.04. The molecule has 136 valence electrons. The second-order valence-corrected chi connectivity index (χ2v) is 8.93. The van der Waals surface area contributed by atoms with Gasteiger partial charge in [0, 0.05) is 31.5 Å². The van der Waals surface area contributed by atoms with Gasteiger partial charge >= 0.3 is 0 Å². The number of carbonyl (C=O) groups excluding carboxylic acids is 2. The Morgan fingerprint density at radius 1 is 1.28 bits per heavy atom. The number of hydrogen-bond acceptors (Lipinski definition) is 5. The van der Waals surface area contributed by atoms with Crippen molar-refractivity contribution in [3.05, 3.63) is 30.1 Å². The molecule has 0 radical (unpaired) electrons. The number of aromatic nitrogens is 1. The van der Waals surface area contributed by atoms with Crippen LogP contribution in [0, 0.1) is 11.8 Å². The van der Waals surface area contributed by atoms with E-state index in [2.05, 4.69) is 10.3 Å². The molecule has 3 unspecified atom stereocenters. The van der Waals surface area contributed by atoms with Crippen LogP contribution in [0.1, 0.15) is 25.3 Å². The molecule has 1 aromatic rings. The normalized spacial score (nSPS) is 26.8. The predicted octanol–water partition coefficient (Wildman–Crippen LogP) is 0.369. The average Bonchev–Trinajstić information content (AvgIpc) is 3.32. The summed E-state index contributed by atoms with van der Waals surface area (Å²) in [6.45, 7) is 2.74. The highest BCUT2D eigenvalue weighted by molar-refractivity contribution is 7.91. The fraction of sp³-hybridized carbons (Fsp3) is 0.588. The van der Waals surface area contributed by atoms with Crippen LogP contribution < -0.4 is 5.32 Å². The highest BCUT2D eigenvalue weighted by atomic mass is 32.2. The number of rotatable bonds is 6. The third kappa shape index (κ3) is 4.18. The van der Waals surface area contributed by atoms with Gasteiger partial charge in [-0.3, -0.25) is 14.6 Å². The van der Waals surface area contributed by atoms with E-state index in [1.807, 2.05) is 19.1 Å². The Morgan fingerprint density at radius 3 is 2.60 bits per heavy atom. The van der Waals surface area contributed by atoms with Crippen molar-refractivity contribution in [2.75, 3.05) is 18.1 Å². The number of nitrogens with one attached hydrogen (secondary N) is 1. The van der Waals surface area contributed by atoms with Crippen molar-refractivity contribution < 1.29 is 18.0 Å². The molecule has 0 aromatic carbocycles. The van der Waals surface area contributed by atoms with E-state index >= 15 is 0 Å². The van der Waals surface area contributed by atoms with Gasteiger partial charge in [-0.2, -0.15) is 0 Å². The van der Waals surface area contributed by atoms with Gasteiger partial charge in [0.15, 0.2) is 9.84 Å². The fourth-order valence-electron chi connectivity index (χ4n) is 3.41. The molecule has 25 heavy (non-hydrogen) atoms. The Kier molecular flexibility index (Phi) is 5.08. The number of nitrogens with zero attached hydrogens (tertiary/aromatic N) is 2. The zero-order valence-corrected chi connectivity index (χ0v) is 15.0.